The number of para-hydroxylation sites is 1. The molecule has 0 fully saturated rings. The van der Waals surface area contributed by atoms with Crippen LogP contribution in [-0.2, 0) is 19.3 Å². The number of hydrogen-bond acceptors (Lipinski definition) is 4. The predicted molar refractivity (Wildman–Crippen MR) is 174 cm³/mol. The summed E-state index contributed by atoms with van der Waals surface area (Å²) in [4.78, 5) is 10.1. The van der Waals surface area contributed by atoms with Gasteiger partial charge in [0.25, 0.3) is 0 Å². The van der Waals surface area contributed by atoms with Crippen LogP contribution in [0, 0.1) is 5.92 Å². The molecule has 2 N–H and O–H groups in total. The van der Waals surface area contributed by atoms with Crippen LogP contribution in [0.15, 0.2) is 54.1 Å². The molecule has 5 heteroatoms. The molecule has 41 heavy (non-hydrogen) atoms. The highest BCUT2D eigenvalue weighted by atomic mass is 35.5. The second-order valence-electron chi connectivity index (χ2n) is 12.5. The van der Waals surface area contributed by atoms with Crippen LogP contribution in [0.25, 0.3) is 21.8 Å². The monoisotopic (exact) mass is 564 g/mol. The van der Waals surface area contributed by atoms with E-state index in [1.807, 2.05) is 12.1 Å². The van der Waals surface area contributed by atoms with Crippen LogP contribution < -0.4 is 10.6 Å². The van der Waals surface area contributed by atoms with E-state index in [1.165, 1.54) is 95.2 Å². The molecule has 2 bridgehead atoms. The second-order valence-corrected chi connectivity index (χ2v) is 13.0. The summed E-state index contributed by atoms with van der Waals surface area (Å²) in [6.07, 6.45) is 15.6. The maximum Gasteiger partial charge on any atom is 0.0741 e. The molecule has 7 rings (SSSR count). The largest absolute Gasteiger partial charge is 0.384 e. The first-order valence-corrected chi connectivity index (χ1v) is 16.2. The van der Waals surface area contributed by atoms with Crippen LogP contribution in [0.1, 0.15) is 86.7 Å². The minimum Gasteiger partial charge on any atom is -0.384 e. The van der Waals surface area contributed by atoms with Gasteiger partial charge in [-0.05, 0) is 106 Å². The van der Waals surface area contributed by atoms with Gasteiger partial charge in [0.2, 0.25) is 0 Å². The van der Waals surface area contributed by atoms with Crippen molar-refractivity contribution in [2.24, 2.45) is 5.92 Å². The number of fused-ring (bicyclic) bond motifs is 7. The standard InChI is InChI=1S/C36H41ClN4/c1-23-18-24-20-25(19-23)34-33(21-24)41-32-22-26(37)14-15-29(32)36(34)39-17-9-3-2-8-16-38-35-27-10-4-6-12-30(27)40-31-13-7-5-11-28(31)35/h4,6,10,12,14-15,18,22,24-25H,2-3,5,7-9,11,13,16-17,19-21H2,1H3,(H,38,40)(H,39,41)/t24-,25+/m1/s1. The summed E-state index contributed by atoms with van der Waals surface area (Å²) in [5.74, 6) is 1.20. The Hall–Kier alpha value is -3.11. The summed E-state index contributed by atoms with van der Waals surface area (Å²) < 4.78 is 0. The number of unbranched alkanes of at least 4 members (excludes halogenated alkanes) is 3. The third-order valence-corrected chi connectivity index (χ3v) is 9.72. The number of anilines is 2. The molecule has 3 aliphatic carbocycles. The number of hydrogen-bond donors (Lipinski definition) is 2. The zero-order valence-corrected chi connectivity index (χ0v) is 25.0. The Bertz CT molecular complexity index is 1620. The number of rotatable bonds is 9. The lowest BCUT2D eigenvalue weighted by atomic mass is 9.71. The molecular formula is C36H41ClN4. The normalized spacial score (nSPS) is 19.5. The highest BCUT2D eigenvalue weighted by Crippen LogP contribution is 2.47. The van der Waals surface area contributed by atoms with Gasteiger partial charge in [0.05, 0.1) is 11.0 Å². The summed E-state index contributed by atoms with van der Waals surface area (Å²) in [5, 5.41) is 11.0. The van der Waals surface area contributed by atoms with Crippen LogP contribution in [0.5, 0.6) is 0 Å². The molecule has 212 valence electrons. The number of aromatic nitrogens is 2. The topological polar surface area (TPSA) is 49.8 Å². The van der Waals surface area contributed by atoms with Crippen molar-refractivity contribution >= 4 is 44.8 Å². The highest BCUT2D eigenvalue weighted by molar-refractivity contribution is 6.31. The van der Waals surface area contributed by atoms with Gasteiger partial charge in [-0.15, -0.1) is 0 Å². The number of halogens is 1. The van der Waals surface area contributed by atoms with Crippen molar-refractivity contribution in [3.05, 3.63) is 81.7 Å². The molecule has 0 saturated carbocycles. The SMILES string of the molecule is CC1=C[C@H]2Cc3nc4cc(Cl)ccc4c(NCCCCCCNc4c5c(nc6ccccc46)CCCC5)c3[C@@H](C1)C2. The molecule has 0 unspecified atom stereocenters. The van der Waals surface area contributed by atoms with E-state index in [9.17, 15) is 0 Å². The van der Waals surface area contributed by atoms with Crippen molar-refractivity contribution in [2.45, 2.75) is 83.5 Å². The fourth-order valence-corrected chi connectivity index (χ4v) is 7.85. The summed E-state index contributed by atoms with van der Waals surface area (Å²) in [7, 11) is 0. The van der Waals surface area contributed by atoms with E-state index < -0.39 is 0 Å². The van der Waals surface area contributed by atoms with Gasteiger partial charge in [-0.3, -0.25) is 9.97 Å². The molecule has 4 aromatic rings. The van der Waals surface area contributed by atoms with E-state index in [0.29, 0.717) is 11.8 Å². The molecule has 0 saturated heterocycles. The molecular weight excluding hydrogens is 524 g/mol. The van der Waals surface area contributed by atoms with Gasteiger partial charge in [-0.1, -0.05) is 54.3 Å². The first kappa shape index (κ1) is 26.8. The molecule has 3 aliphatic rings. The minimum atomic E-state index is 0.574. The van der Waals surface area contributed by atoms with E-state index in [-0.39, 0.29) is 0 Å². The zero-order valence-electron chi connectivity index (χ0n) is 24.2. The molecule has 4 nitrogen and oxygen atoms in total. The first-order chi connectivity index (χ1) is 20.1. The van der Waals surface area contributed by atoms with E-state index in [4.69, 9.17) is 21.6 Å². The lowest BCUT2D eigenvalue weighted by molar-refractivity contribution is 0.433. The minimum absolute atomic E-state index is 0.574. The molecule has 2 atom stereocenters. The smallest absolute Gasteiger partial charge is 0.0741 e. The fraction of sp³-hybridized carbons (Fsp3) is 0.444. The van der Waals surface area contributed by atoms with E-state index in [2.05, 4.69) is 54.0 Å². The van der Waals surface area contributed by atoms with Crippen LogP contribution in [0.4, 0.5) is 11.4 Å². The number of nitrogens with zero attached hydrogens (tertiary/aromatic N) is 2. The number of aryl methyl sites for hydroxylation is 1. The average Bonchev–Trinajstić information content (AvgIpc) is 2.97. The third kappa shape index (κ3) is 5.44. The summed E-state index contributed by atoms with van der Waals surface area (Å²) in [6.45, 7) is 4.31. The van der Waals surface area contributed by atoms with Gasteiger partial charge in [-0.2, -0.15) is 0 Å². The summed E-state index contributed by atoms with van der Waals surface area (Å²) >= 11 is 6.38. The Morgan fingerprint density at radius 2 is 1.56 bits per heavy atom. The maximum atomic E-state index is 6.38. The van der Waals surface area contributed by atoms with Crippen molar-refractivity contribution in [1.82, 2.24) is 9.97 Å². The van der Waals surface area contributed by atoms with Crippen molar-refractivity contribution in [2.75, 3.05) is 23.7 Å². The van der Waals surface area contributed by atoms with Crippen LogP contribution in [0.3, 0.4) is 0 Å². The molecule has 2 heterocycles. The van der Waals surface area contributed by atoms with Gasteiger partial charge in [0, 0.05) is 57.2 Å². The van der Waals surface area contributed by atoms with Crippen molar-refractivity contribution in [3.8, 4) is 0 Å². The summed E-state index contributed by atoms with van der Waals surface area (Å²) in [5.41, 5.74) is 11.9. The molecule has 0 spiro atoms. The Balaban J connectivity index is 0.976. The quantitative estimate of drug-likeness (QED) is 0.157. The van der Waals surface area contributed by atoms with E-state index in [0.717, 1.165) is 54.8 Å². The van der Waals surface area contributed by atoms with Gasteiger partial charge in [0.1, 0.15) is 0 Å². The molecule has 0 aliphatic heterocycles. The van der Waals surface area contributed by atoms with Crippen molar-refractivity contribution < 1.29 is 0 Å². The molecule has 2 aromatic heterocycles. The van der Waals surface area contributed by atoms with Crippen molar-refractivity contribution in [1.29, 1.82) is 0 Å². The number of pyridine rings is 2. The molecule has 2 aromatic carbocycles. The Labute approximate surface area is 249 Å². The fourth-order valence-electron chi connectivity index (χ4n) is 7.68. The average molecular weight is 565 g/mol. The Morgan fingerprint density at radius 1 is 0.805 bits per heavy atom. The Morgan fingerprint density at radius 3 is 2.44 bits per heavy atom. The highest BCUT2D eigenvalue weighted by Gasteiger charge is 2.33. The number of benzene rings is 2. The van der Waals surface area contributed by atoms with Gasteiger partial charge in [0.15, 0.2) is 0 Å². The molecule has 0 radical (unpaired) electrons. The lowest BCUT2D eigenvalue weighted by Crippen LogP contribution is -2.24. The second kappa shape index (κ2) is 11.6. The van der Waals surface area contributed by atoms with E-state index >= 15 is 0 Å². The van der Waals surface area contributed by atoms with Gasteiger partial charge >= 0.3 is 0 Å². The lowest BCUT2D eigenvalue weighted by Gasteiger charge is -2.36. The number of allylic oxidation sites excluding steroid dienone is 2. The van der Waals surface area contributed by atoms with E-state index in [1.54, 1.807) is 0 Å². The zero-order chi connectivity index (χ0) is 27.8. The number of nitrogens with one attached hydrogen (secondary N) is 2. The Kier molecular flexibility index (Phi) is 7.60. The third-order valence-electron chi connectivity index (χ3n) is 9.48. The first-order valence-electron chi connectivity index (χ1n) is 15.8. The predicted octanol–water partition coefficient (Wildman–Crippen LogP) is 9.40. The maximum absolute atomic E-state index is 6.38. The summed E-state index contributed by atoms with van der Waals surface area (Å²) in [6, 6.07) is 14.8. The van der Waals surface area contributed by atoms with Crippen LogP contribution in [0.2, 0.25) is 5.02 Å². The van der Waals surface area contributed by atoms with Crippen LogP contribution in [-0.4, -0.2) is 23.1 Å². The van der Waals surface area contributed by atoms with Gasteiger partial charge < -0.3 is 10.6 Å². The molecule has 0 amide bonds. The van der Waals surface area contributed by atoms with Gasteiger partial charge in [-0.25, -0.2) is 0 Å². The van der Waals surface area contributed by atoms with Crippen LogP contribution >= 0.6 is 11.6 Å². The van der Waals surface area contributed by atoms with Crippen molar-refractivity contribution in [3.63, 3.8) is 0 Å².